The zero-order valence-electron chi connectivity index (χ0n) is 17.9. The van der Waals surface area contributed by atoms with Gasteiger partial charge in [-0.15, -0.1) is 0 Å². The van der Waals surface area contributed by atoms with Crippen LogP contribution in [0.3, 0.4) is 0 Å². The van der Waals surface area contributed by atoms with Crippen LogP contribution >= 0.6 is 0 Å². The zero-order valence-corrected chi connectivity index (χ0v) is 17.9. The SMILES string of the molecule is CN(Cc1ccc(N2CCCCC2)cc1)C(=O)c1ccc(=O)n(Cc2ccccc2)n1. The van der Waals surface area contributed by atoms with E-state index in [9.17, 15) is 9.59 Å². The number of nitrogens with zero attached hydrogens (tertiary/aromatic N) is 4. The standard InChI is InChI=1S/C25H28N4O2/c1-27(18-21-10-12-22(13-11-21)28-16-6-3-7-17-28)25(31)23-14-15-24(30)29(26-23)19-20-8-4-2-5-9-20/h2,4-5,8-15H,3,6-7,16-19H2,1H3. The highest BCUT2D eigenvalue weighted by atomic mass is 16.2. The number of hydrogen-bond acceptors (Lipinski definition) is 4. The summed E-state index contributed by atoms with van der Waals surface area (Å²) in [5.74, 6) is -0.207. The van der Waals surface area contributed by atoms with Crippen molar-refractivity contribution in [2.45, 2.75) is 32.4 Å². The second-order valence-corrected chi connectivity index (χ2v) is 8.08. The lowest BCUT2D eigenvalue weighted by atomic mass is 10.1. The predicted octanol–water partition coefficient (Wildman–Crippen LogP) is 3.55. The van der Waals surface area contributed by atoms with Crippen LogP contribution in [0.25, 0.3) is 0 Å². The Morgan fingerprint density at radius 3 is 2.32 bits per heavy atom. The zero-order chi connectivity index (χ0) is 21.6. The van der Waals surface area contributed by atoms with Gasteiger partial charge < -0.3 is 9.80 Å². The number of carbonyl (C=O) groups excluding carboxylic acids is 1. The first-order valence-corrected chi connectivity index (χ1v) is 10.8. The van der Waals surface area contributed by atoms with Crippen LogP contribution in [0.1, 0.15) is 40.9 Å². The van der Waals surface area contributed by atoms with Gasteiger partial charge in [-0.3, -0.25) is 9.59 Å². The van der Waals surface area contributed by atoms with Crippen molar-refractivity contribution < 1.29 is 4.79 Å². The molecule has 4 rings (SSSR count). The van der Waals surface area contributed by atoms with Crippen LogP contribution in [0.15, 0.2) is 71.5 Å². The lowest BCUT2D eigenvalue weighted by Crippen LogP contribution is -2.31. The second kappa shape index (κ2) is 9.60. The molecule has 160 valence electrons. The van der Waals surface area contributed by atoms with Gasteiger partial charge in [-0.25, -0.2) is 4.68 Å². The van der Waals surface area contributed by atoms with Gasteiger partial charge in [0.1, 0.15) is 5.69 Å². The van der Waals surface area contributed by atoms with Crippen molar-refractivity contribution in [3.05, 3.63) is 93.9 Å². The van der Waals surface area contributed by atoms with E-state index in [-0.39, 0.29) is 17.2 Å². The Labute approximate surface area is 182 Å². The van der Waals surface area contributed by atoms with Crippen LogP contribution < -0.4 is 10.5 Å². The molecule has 6 nitrogen and oxygen atoms in total. The minimum atomic E-state index is -0.226. The van der Waals surface area contributed by atoms with Gasteiger partial charge in [-0.05, 0) is 48.6 Å². The highest BCUT2D eigenvalue weighted by molar-refractivity contribution is 5.91. The molecular formula is C25H28N4O2. The summed E-state index contributed by atoms with van der Waals surface area (Å²) in [6, 6.07) is 21.0. The van der Waals surface area contributed by atoms with E-state index >= 15 is 0 Å². The number of amides is 1. The van der Waals surface area contributed by atoms with Crippen molar-refractivity contribution in [1.82, 2.24) is 14.7 Å². The van der Waals surface area contributed by atoms with Crippen LogP contribution in [0.4, 0.5) is 5.69 Å². The minimum absolute atomic E-state index is 0.207. The molecule has 1 amide bonds. The summed E-state index contributed by atoms with van der Waals surface area (Å²) in [5, 5.41) is 4.31. The molecule has 0 atom stereocenters. The Bertz CT molecular complexity index is 1070. The molecule has 0 radical (unpaired) electrons. The van der Waals surface area contributed by atoms with Crippen LogP contribution in [0, 0.1) is 0 Å². The topological polar surface area (TPSA) is 58.4 Å². The monoisotopic (exact) mass is 416 g/mol. The predicted molar refractivity (Wildman–Crippen MR) is 122 cm³/mol. The van der Waals surface area contributed by atoms with E-state index in [0.717, 1.165) is 24.2 Å². The summed E-state index contributed by atoms with van der Waals surface area (Å²) >= 11 is 0. The average Bonchev–Trinajstić information content (AvgIpc) is 2.82. The van der Waals surface area contributed by atoms with E-state index in [1.807, 2.05) is 30.3 Å². The third kappa shape index (κ3) is 5.20. The van der Waals surface area contributed by atoms with Gasteiger partial charge in [0.15, 0.2) is 0 Å². The maximum absolute atomic E-state index is 12.9. The second-order valence-electron chi connectivity index (χ2n) is 8.08. The van der Waals surface area contributed by atoms with Crippen molar-refractivity contribution in [2.24, 2.45) is 0 Å². The Morgan fingerprint density at radius 2 is 1.61 bits per heavy atom. The highest BCUT2D eigenvalue weighted by Gasteiger charge is 2.16. The van der Waals surface area contributed by atoms with Gasteiger partial charge in [0.2, 0.25) is 0 Å². The van der Waals surface area contributed by atoms with Crippen molar-refractivity contribution >= 4 is 11.6 Å². The molecule has 31 heavy (non-hydrogen) atoms. The van der Waals surface area contributed by atoms with Crippen molar-refractivity contribution in [3.8, 4) is 0 Å². The summed E-state index contributed by atoms with van der Waals surface area (Å²) in [6.07, 6.45) is 3.81. The summed E-state index contributed by atoms with van der Waals surface area (Å²) in [5.41, 5.74) is 3.31. The Kier molecular flexibility index (Phi) is 6.46. The number of aromatic nitrogens is 2. The number of carbonyl (C=O) groups is 1. The van der Waals surface area contributed by atoms with E-state index in [1.54, 1.807) is 11.9 Å². The van der Waals surface area contributed by atoms with Gasteiger partial charge in [0, 0.05) is 38.4 Å². The normalized spacial score (nSPS) is 13.8. The van der Waals surface area contributed by atoms with E-state index in [0.29, 0.717) is 13.1 Å². The number of rotatable bonds is 6. The molecule has 3 aromatic rings. The Balaban J connectivity index is 1.43. The molecule has 1 aliphatic heterocycles. The van der Waals surface area contributed by atoms with E-state index in [1.165, 1.54) is 41.8 Å². The van der Waals surface area contributed by atoms with Crippen molar-refractivity contribution in [3.63, 3.8) is 0 Å². The molecule has 0 unspecified atom stereocenters. The van der Waals surface area contributed by atoms with Crippen molar-refractivity contribution in [2.75, 3.05) is 25.0 Å². The third-order valence-corrected chi connectivity index (χ3v) is 5.68. The lowest BCUT2D eigenvalue weighted by Gasteiger charge is -2.29. The van der Waals surface area contributed by atoms with Gasteiger partial charge >= 0.3 is 0 Å². The molecule has 0 saturated carbocycles. The molecule has 0 N–H and O–H groups in total. The van der Waals surface area contributed by atoms with Gasteiger partial charge in [-0.1, -0.05) is 42.5 Å². The largest absolute Gasteiger partial charge is 0.372 e. The average molecular weight is 417 g/mol. The lowest BCUT2D eigenvalue weighted by molar-refractivity contribution is 0.0776. The van der Waals surface area contributed by atoms with Crippen LogP contribution in [-0.2, 0) is 13.1 Å². The summed E-state index contributed by atoms with van der Waals surface area (Å²) < 4.78 is 1.34. The number of benzene rings is 2. The maximum atomic E-state index is 12.9. The molecule has 0 bridgehead atoms. The molecule has 1 fully saturated rings. The molecule has 0 aliphatic carbocycles. The molecule has 2 heterocycles. The molecule has 1 aliphatic rings. The quantitative estimate of drug-likeness (QED) is 0.617. The van der Waals surface area contributed by atoms with Gasteiger partial charge in [-0.2, -0.15) is 5.10 Å². The number of hydrogen-bond donors (Lipinski definition) is 0. The number of anilines is 1. The fourth-order valence-corrected chi connectivity index (χ4v) is 3.94. The first-order chi connectivity index (χ1) is 15.1. The minimum Gasteiger partial charge on any atom is -0.372 e. The highest BCUT2D eigenvalue weighted by Crippen LogP contribution is 2.20. The van der Waals surface area contributed by atoms with Crippen LogP contribution in [0.2, 0.25) is 0 Å². The number of piperidine rings is 1. The fraction of sp³-hybridized carbons (Fsp3) is 0.320. The van der Waals surface area contributed by atoms with E-state index in [4.69, 9.17) is 0 Å². The Hall–Kier alpha value is -3.41. The van der Waals surface area contributed by atoms with Gasteiger partial charge in [0.25, 0.3) is 11.5 Å². The molecule has 1 saturated heterocycles. The van der Waals surface area contributed by atoms with Crippen LogP contribution in [0.5, 0.6) is 0 Å². The van der Waals surface area contributed by atoms with Crippen molar-refractivity contribution in [1.29, 1.82) is 0 Å². The molecular weight excluding hydrogens is 388 g/mol. The molecule has 0 spiro atoms. The summed E-state index contributed by atoms with van der Waals surface area (Å²) in [4.78, 5) is 29.2. The third-order valence-electron chi connectivity index (χ3n) is 5.68. The van der Waals surface area contributed by atoms with E-state index in [2.05, 4.69) is 34.3 Å². The first kappa shape index (κ1) is 20.8. The van der Waals surface area contributed by atoms with Crippen LogP contribution in [-0.4, -0.2) is 40.7 Å². The molecule has 1 aromatic heterocycles. The molecule has 2 aromatic carbocycles. The first-order valence-electron chi connectivity index (χ1n) is 10.8. The maximum Gasteiger partial charge on any atom is 0.274 e. The summed E-state index contributed by atoms with van der Waals surface area (Å²) in [6.45, 7) is 3.05. The van der Waals surface area contributed by atoms with E-state index < -0.39 is 0 Å². The fourth-order valence-electron chi connectivity index (χ4n) is 3.94. The Morgan fingerprint density at radius 1 is 0.903 bits per heavy atom. The smallest absolute Gasteiger partial charge is 0.274 e. The summed E-state index contributed by atoms with van der Waals surface area (Å²) in [7, 11) is 1.76. The van der Waals surface area contributed by atoms with Gasteiger partial charge in [0.05, 0.1) is 6.54 Å². The molecule has 6 heteroatoms.